The maximum absolute atomic E-state index is 4.37. The molecular weight excluding hydrogens is 475 g/mol. The lowest BCUT2D eigenvalue weighted by Gasteiger charge is -2.34. The molecule has 0 bridgehead atoms. The van der Waals surface area contributed by atoms with Crippen LogP contribution in [0.1, 0.15) is 20.3 Å². The maximum Gasteiger partial charge on any atom is 0.190 e. The molecule has 1 unspecified atom stereocenters. The van der Waals surface area contributed by atoms with Crippen molar-refractivity contribution in [2.24, 2.45) is 10.9 Å². The van der Waals surface area contributed by atoms with Crippen LogP contribution in [0.5, 0.6) is 0 Å². The van der Waals surface area contributed by atoms with Gasteiger partial charge in [0, 0.05) is 71.6 Å². The zero-order valence-corrected chi connectivity index (χ0v) is 21.1. The molecule has 1 saturated heterocycles. The van der Waals surface area contributed by atoms with E-state index in [9.17, 15) is 0 Å². The van der Waals surface area contributed by atoms with Crippen LogP contribution in [0.4, 0.5) is 5.69 Å². The summed E-state index contributed by atoms with van der Waals surface area (Å²) in [4.78, 5) is 11.8. The lowest BCUT2D eigenvalue weighted by Crippen LogP contribution is -2.47. The molecule has 1 aromatic carbocycles. The van der Waals surface area contributed by atoms with Crippen molar-refractivity contribution < 1.29 is 0 Å². The molecule has 0 spiro atoms. The van der Waals surface area contributed by atoms with E-state index in [0.717, 1.165) is 45.1 Å². The van der Waals surface area contributed by atoms with E-state index >= 15 is 0 Å². The van der Waals surface area contributed by atoms with Crippen LogP contribution in [-0.4, -0.2) is 88.8 Å². The molecular formula is C22H41IN6. The number of para-hydroxylation sites is 1. The fourth-order valence-electron chi connectivity index (χ4n) is 3.61. The molecule has 1 fully saturated rings. The van der Waals surface area contributed by atoms with E-state index in [0.29, 0.717) is 5.92 Å². The summed E-state index contributed by atoms with van der Waals surface area (Å²) in [6, 6.07) is 10.6. The van der Waals surface area contributed by atoms with Gasteiger partial charge in [-0.1, -0.05) is 25.1 Å². The van der Waals surface area contributed by atoms with Gasteiger partial charge in [-0.25, -0.2) is 0 Å². The van der Waals surface area contributed by atoms with E-state index in [1.165, 1.54) is 31.9 Å². The summed E-state index contributed by atoms with van der Waals surface area (Å²) in [5.41, 5.74) is 1.30. The van der Waals surface area contributed by atoms with Gasteiger partial charge in [0.1, 0.15) is 0 Å². The van der Waals surface area contributed by atoms with Gasteiger partial charge in [-0.15, -0.1) is 24.0 Å². The summed E-state index contributed by atoms with van der Waals surface area (Å²) in [5.74, 6) is 1.52. The number of benzene rings is 1. The molecule has 2 rings (SSSR count). The minimum atomic E-state index is 0. The Morgan fingerprint density at radius 3 is 2.45 bits per heavy atom. The first-order chi connectivity index (χ1) is 13.6. The fraction of sp³-hybridized carbons (Fsp3) is 0.682. The van der Waals surface area contributed by atoms with Crippen LogP contribution in [0.3, 0.4) is 0 Å². The number of guanidine groups is 1. The lowest BCUT2D eigenvalue weighted by atomic mass is 10.1. The predicted octanol–water partition coefficient (Wildman–Crippen LogP) is 2.57. The monoisotopic (exact) mass is 516 g/mol. The first-order valence-electron chi connectivity index (χ1n) is 10.8. The number of anilines is 1. The fourth-order valence-corrected chi connectivity index (χ4v) is 3.61. The molecule has 1 heterocycles. The third-order valence-corrected chi connectivity index (χ3v) is 5.41. The van der Waals surface area contributed by atoms with Crippen molar-refractivity contribution in [2.75, 3.05) is 77.9 Å². The van der Waals surface area contributed by atoms with Gasteiger partial charge in [-0.2, -0.15) is 0 Å². The van der Waals surface area contributed by atoms with Gasteiger partial charge in [0.2, 0.25) is 0 Å². The first kappa shape index (κ1) is 26.0. The Hall–Kier alpha value is -1.06. The minimum absolute atomic E-state index is 0. The number of hydrogen-bond donors (Lipinski definition) is 2. The van der Waals surface area contributed by atoms with Crippen molar-refractivity contribution in [2.45, 2.75) is 20.3 Å². The van der Waals surface area contributed by atoms with Gasteiger partial charge in [0.15, 0.2) is 5.96 Å². The molecule has 0 aliphatic carbocycles. The van der Waals surface area contributed by atoms with Crippen molar-refractivity contribution in [1.29, 1.82) is 0 Å². The number of rotatable bonds is 10. The highest BCUT2D eigenvalue weighted by molar-refractivity contribution is 14.0. The average Bonchev–Trinajstić information content (AvgIpc) is 2.72. The molecule has 0 amide bonds. The lowest BCUT2D eigenvalue weighted by molar-refractivity contribution is 0.139. The van der Waals surface area contributed by atoms with Gasteiger partial charge < -0.3 is 25.3 Å². The van der Waals surface area contributed by atoms with Crippen LogP contribution in [0.25, 0.3) is 0 Å². The molecule has 0 aromatic heterocycles. The van der Waals surface area contributed by atoms with Crippen molar-refractivity contribution >= 4 is 35.6 Å². The van der Waals surface area contributed by atoms with Crippen LogP contribution in [0.2, 0.25) is 0 Å². The topological polar surface area (TPSA) is 46.1 Å². The van der Waals surface area contributed by atoms with E-state index < -0.39 is 0 Å². The van der Waals surface area contributed by atoms with E-state index in [1.807, 2.05) is 7.05 Å². The Morgan fingerprint density at radius 2 is 1.83 bits per heavy atom. The quantitative estimate of drug-likeness (QED) is 0.217. The molecule has 166 valence electrons. The van der Waals surface area contributed by atoms with Gasteiger partial charge in [0.25, 0.3) is 0 Å². The molecule has 0 radical (unpaired) electrons. The Bertz CT molecular complexity index is 560. The standard InChI is InChI=1S/C22H40N6.HI/c1-5-28(21-10-7-6-8-11-21)13-9-12-24-22(23-3)25-18-20(2)19-27-16-14-26(4)15-17-27;/h6-8,10-11,20H,5,9,12-19H2,1-4H3,(H2,23,24,25);1H. The number of piperazine rings is 1. The highest BCUT2D eigenvalue weighted by atomic mass is 127. The SMILES string of the molecule is CCN(CCCNC(=NC)NCC(C)CN1CCN(C)CC1)c1ccccc1.I. The van der Waals surface area contributed by atoms with Crippen molar-refractivity contribution in [1.82, 2.24) is 20.4 Å². The van der Waals surface area contributed by atoms with E-state index in [1.54, 1.807) is 0 Å². The molecule has 1 aliphatic rings. The highest BCUT2D eigenvalue weighted by Crippen LogP contribution is 2.12. The van der Waals surface area contributed by atoms with E-state index in [-0.39, 0.29) is 24.0 Å². The number of aliphatic imine (C=N–C) groups is 1. The van der Waals surface area contributed by atoms with Crippen LogP contribution >= 0.6 is 24.0 Å². The Morgan fingerprint density at radius 1 is 1.14 bits per heavy atom. The Labute approximate surface area is 195 Å². The Kier molecular flexibility index (Phi) is 13.3. The maximum atomic E-state index is 4.37. The zero-order chi connectivity index (χ0) is 20.2. The van der Waals surface area contributed by atoms with Crippen molar-refractivity contribution in [3.63, 3.8) is 0 Å². The molecule has 0 saturated carbocycles. The third-order valence-electron chi connectivity index (χ3n) is 5.41. The number of nitrogens with zero attached hydrogens (tertiary/aromatic N) is 4. The molecule has 29 heavy (non-hydrogen) atoms. The largest absolute Gasteiger partial charge is 0.372 e. The van der Waals surface area contributed by atoms with Crippen molar-refractivity contribution in [3.05, 3.63) is 30.3 Å². The molecule has 2 N–H and O–H groups in total. The number of halogens is 1. The molecule has 7 heteroatoms. The number of hydrogen-bond acceptors (Lipinski definition) is 4. The normalized spacial score (nSPS) is 16.8. The van der Waals surface area contributed by atoms with E-state index in [4.69, 9.17) is 0 Å². The van der Waals surface area contributed by atoms with Crippen LogP contribution < -0.4 is 15.5 Å². The number of nitrogens with one attached hydrogen (secondary N) is 2. The van der Waals surface area contributed by atoms with Crippen LogP contribution in [-0.2, 0) is 0 Å². The average molecular weight is 517 g/mol. The molecule has 1 aliphatic heterocycles. The first-order valence-corrected chi connectivity index (χ1v) is 10.8. The van der Waals surface area contributed by atoms with Crippen LogP contribution in [0.15, 0.2) is 35.3 Å². The molecule has 1 aromatic rings. The van der Waals surface area contributed by atoms with Gasteiger partial charge in [-0.05, 0) is 38.4 Å². The number of likely N-dealkylation sites (N-methyl/N-ethyl adjacent to an activating group) is 1. The second-order valence-electron chi connectivity index (χ2n) is 7.86. The molecule has 6 nitrogen and oxygen atoms in total. The second-order valence-corrected chi connectivity index (χ2v) is 7.86. The Balaban J connectivity index is 0.00000420. The zero-order valence-electron chi connectivity index (χ0n) is 18.7. The van der Waals surface area contributed by atoms with Gasteiger partial charge in [-0.3, -0.25) is 4.99 Å². The van der Waals surface area contributed by atoms with Crippen LogP contribution in [0, 0.1) is 5.92 Å². The summed E-state index contributed by atoms with van der Waals surface area (Å²) in [6.45, 7) is 14.4. The highest BCUT2D eigenvalue weighted by Gasteiger charge is 2.16. The minimum Gasteiger partial charge on any atom is -0.372 e. The summed E-state index contributed by atoms with van der Waals surface area (Å²) in [7, 11) is 4.06. The van der Waals surface area contributed by atoms with Gasteiger partial charge in [0.05, 0.1) is 0 Å². The summed E-state index contributed by atoms with van der Waals surface area (Å²) >= 11 is 0. The summed E-state index contributed by atoms with van der Waals surface area (Å²) in [5, 5.41) is 6.95. The second kappa shape index (κ2) is 14.8. The summed E-state index contributed by atoms with van der Waals surface area (Å²) in [6.07, 6.45) is 1.08. The third kappa shape index (κ3) is 10.00. The predicted molar refractivity (Wildman–Crippen MR) is 137 cm³/mol. The van der Waals surface area contributed by atoms with E-state index in [2.05, 4.69) is 81.6 Å². The van der Waals surface area contributed by atoms with Gasteiger partial charge >= 0.3 is 0 Å². The smallest absolute Gasteiger partial charge is 0.190 e. The van der Waals surface area contributed by atoms with Crippen molar-refractivity contribution in [3.8, 4) is 0 Å². The summed E-state index contributed by atoms with van der Waals surface area (Å²) < 4.78 is 0. The molecule has 1 atom stereocenters.